The average molecular weight is 396 g/mol. The zero-order valence-electron chi connectivity index (χ0n) is 15.4. The number of carbonyl (C=O) groups excluding carboxylic acids is 2. The Morgan fingerprint density at radius 2 is 1.68 bits per heavy atom. The van der Waals surface area contributed by atoms with Crippen molar-refractivity contribution in [3.05, 3.63) is 93.9 Å². The highest BCUT2D eigenvalue weighted by molar-refractivity contribution is 7.10. The zero-order chi connectivity index (χ0) is 19.9. The fourth-order valence-electron chi connectivity index (χ4n) is 2.88. The molecule has 2 N–H and O–H groups in total. The molecule has 0 unspecified atom stereocenters. The van der Waals surface area contributed by atoms with Crippen LogP contribution in [0.25, 0.3) is 0 Å². The van der Waals surface area contributed by atoms with E-state index in [1.807, 2.05) is 23.6 Å². The minimum Gasteiger partial charge on any atom is -0.349 e. The first kappa shape index (κ1) is 19.8. The van der Waals surface area contributed by atoms with Crippen LogP contribution in [0.5, 0.6) is 0 Å². The van der Waals surface area contributed by atoms with Crippen LogP contribution in [0.4, 0.5) is 4.39 Å². The van der Waals surface area contributed by atoms with Gasteiger partial charge in [0.2, 0.25) is 5.91 Å². The summed E-state index contributed by atoms with van der Waals surface area (Å²) >= 11 is 1.52. The number of nitrogens with one attached hydrogen (secondary N) is 2. The molecule has 144 valence electrons. The maximum absolute atomic E-state index is 13.3. The quantitative estimate of drug-likeness (QED) is 0.626. The molecule has 4 nitrogen and oxygen atoms in total. The molecule has 0 bridgehead atoms. The summed E-state index contributed by atoms with van der Waals surface area (Å²) < 4.78 is 13.3. The monoisotopic (exact) mass is 396 g/mol. The van der Waals surface area contributed by atoms with Crippen molar-refractivity contribution in [2.75, 3.05) is 0 Å². The lowest BCUT2D eigenvalue weighted by atomic mass is 10.0. The average Bonchev–Trinajstić information content (AvgIpc) is 3.22. The van der Waals surface area contributed by atoms with Crippen molar-refractivity contribution in [3.63, 3.8) is 0 Å². The summed E-state index contributed by atoms with van der Waals surface area (Å²) in [5.41, 5.74) is 1.36. The third-order valence-corrected chi connectivity index (χ3v) is 5.18. The molecule has 0 saturated heterocycles. The van der Waals surface area contributed by atoms with Gasteiger partial charge in [0.25, 0.3) is 5.91 Å². The van der Waals surface area contributed by atoms with Crippen LogP contribution in [0.2, 0.25) is 0 Å². The van der Waals surface area contributed by atoms with E-state index in [9.17, 15) is 14.0 Å². The molecule has 1 heterocycles. The van der Waals surface area contributed by atoms with Crippen LogP contribution in [-0.4, -0.2) is 17.9 Å². The van der Waals surface area contributed by atoms with E-state index in [-0.39, 0.29) is 36.1 Å². The second-order valence-corrected chi connectivity index (χ2v) is 7.49. The predicted molar refractivity (Wildman–Crippen MR) is 109 cm³/mol. The molecular weight excluding hydrogens is 375 g/mol. The first-order chi connectivity index (χ1) is 13.5. The number of benzene rings is 2. The lowest BCUT2D eigenvalue weighted by Gasteiger charge is -2.20. The van der Waals surface area contributed by atoms with Crippen molar-refractivity contribution in [2.24, 2.45) is 0 Å². The zero-order valence-corrected chi connectivity index (χ0v) is 16.2. The number of rotatable bonds is 7. The maximum Gasteiger partial charge on any atom is 0.251 e. The van der Waals surface area contributed by atoms with E-state index < -0.39 is 0 Å². The van der Waals surface area contributed by atoms with Gasteiger partial charge >= 0.3 is 0 Å². The Morgan fingerprint density at radius 3 is 2.32 bits per heavy atom. The first-order valence-electron chi connectivity index (χ1n) is 8.97. The van der Waals surface area contributed by atoms with Crippen LogP contribution in [0, 0.1) is 5.82 Å². The normalized spacial score (nSPS) is 12.8. The molecule has 0 aliphatic rings. The largest absolute Gasteiger partial charge is 0.349 e. The van der Waals surface area contributed by atoms with E-state index in [0.29, 0.717) is 5.56 Å². The van der Waals surface area contributed by atoms with Gasteiger partial charge in [0, 0.05) is 22.9 Å². The highest BCUT2D eigenvalue weighted by Crippen LogP contribution is 2.26. The molecule has 2 atom stereocenters. The van der Waals surface area contributed by atoms with Crippen molar-refractivity contribution in [3.8, 4) is 0 Å². The Bertz CT molecular complexity index is 911. The van der Waals surface area contributed by atoms with E-state index in [4.69, 9.17) is 0 Å². The van der Waals surface area contributed by atoms with Gasteiger partial charge in [-0.15, -0.1) is 11.3 Å². The summed E-state index contributed by atoms with van der Waals surface area (Å²) in [5.74, 6) is -0.727. The van der Waals surface area contributed by atoms with Gasteiger partial charge in [-0.05, 0) is 48.2 Å². The Morgan fingerprint density at radius 1 is 0.964 bits per heavy atom. The van der Waals surface area contributed by atoms with Crippen molar-refractivity contribution in [1.29, 1.82) is 0 Å². The smallest absolute Gasteiger partial charge is 0.251 e. The van der Waals surface area contributed by atoms with Crippen LogP contribution in [0.3, 0.4) is 0 Å². The van der Waals surface area contributed by atoms with Gasteiger partial charge in [0.05, 0.1) is 6.04 Å². The SMILES string of the molecule is C[C@H](CC(=O)N[C@@H](c1ccc(F)cc1)c1cccs1)NC(=O)c1ccccc1. The molecule has 6 heteroatoms. The van der Waals surface area contributed by atoms with E-state index in [1.165, 1.54) is 23.5 Å². The van der Waals surface area contributed by atoms with Crippen LogP contribution in [0.1, 0.15) is 40.2 Å². The highest BCUT2D eigenvalue weighted by Gasteiger charge is 2.20. The molecule has 2 amide bonds. The molecule has 0 aliphatic heterocycles. The lowest BCUT2D eigenvalue weighted by molar-refractivity contribution is -0.121. The number of hydrogen-bond donors (Lipinski definition) is 2. The summed E-state index contributed by atoms with van der Waals surface area (Å²) in [5, 5.41) is 7.76. The first-order valence-corrected chi connectivity index (χ1v) is 9.85. The molecule has 0 spiro atoms. The molecule has 0 fully saturated rings. The number of halogens is 1. The van der Waals surface area contributed by atoms with Crippen molar-refractivity contribution in [2.45, 2.75) is 25.4 Å². The molecule has 2 aromatic carbocycles. The van der Waals surface area contributed by atoms with Gasteiger partial charge in [-0.1, -0.05) is 36.4 Å². The highest BCUT2D eigenvalue weighted by atomic mass is 32.1. The summed E-state index contributed by atoms with van der Waals surface area (Å²) in [6, 6.07) is 18.1. The molecule has 1 aromatic heterocycles. The second-order valence-electron chi connectivity index (χ2n) is 6.51. The fourth-order valence-corrected chi connectivity index (χ4v) is 3.68. The second kappa shape index (κ2) is 9.28. The predicted octanol–water partition coefficient (Wildman–Crippen LogP) is 4.30. The van der Waals surface area contributed by atoms with Crippen LogP contribution >= 0.6 is 11.3 Å². The van der Waals surface area contributed by atoms with Gasteiger partial charge in [-0.2, -0.15) is 0 Å². The number of carbonyl (C=O) groups is 2. The van der Waals surface area contributed by atoms with Gasteiger partial charge in [-0.25, -0.2) is 4.39 Å². The molecule has 0 aliphatic carbocycles. The van der Waals surface area contributed by atoms with Crippen LogP contribution < -0.4 is 10.6 Å². The standard InChI is InChI=1S/C22H21FN2O2S/c1-15(24-22(27)17-6-3-2-4-7-17)14-20(26)25-21(19-8-5-13-28-19)16-9-11-18(23)12-10-16/h2-13,15,21H,14H2,1H3,(H,24,27)(H,25,26)/t15-,21+/m1/s1. The van der Waals surface area contributed by atoms with Gasteiger partial charge in [0.1, 0.15) is 5.82 Å². The molecule has 0 saturated carbocycles. The molecule has 28 heavy (non-hydrogen) atoms. The van der Waals surface area contributed by atoms with E-state index >= 15 is 0 Å². The Kier molecular flexibility index (Phi) is 6.55. The summed E-state index contributed by atoms with van der Waals surface area (Å²) in [7, 11) is 0. The van der Waals surface area contributed by atoms with Gasteiger partial charge in [-0.3, -0.25) is 9.59 Å². The molecule has 3 rings (SSSR count). The van der Waals surface area contributed by atoms with E-state index in [2.05, 4.69) is 10.6 Å². The topological polar surface area (TPSA) is 58.2 Å². The molecule has 0 radical (unpaired) electrons. The fraction of sp³-hybridized carbons (Fsp3) is 0.182. The summed E-state index contributed by atoms with van der Waals surface area (Å²) in [6.45, 7) is 1.79. The summed E-state index contributed by atoms with van der Waals surface area (Å²) in [6.07, 6.45) is 0.141. The number of hydrogen-bond acceptors (Lipinski definition) is 3. The van der Waals surface area contributed by atoms with Crippen molar-refractivity contribution >= 4 is 23.2 Å². The Labute approximate surface area is 167 Å². The van der Waals surface area contributed by atoms with Gasteiger partial charge < -0.3 is 10.6 Å². The van der Waals surface area contributed by atoms with Crippen LogP contribution in [0.15, 0.2) is 72.1 Å². The maximum atomic E-state index is 13.3. The van der Waals surface area contributed by atoms with Crippen molar-refractivity contribution < 1.29 is 14.0 Å². The summed E-state index contributed by atoms with van der Waals surface area (Å²) in [4.78, 5) is 25.8. The Balaban J connectivity index is 1.63. The number of thiophene rings is 1. The third kappa shape index (κ3) is 5.27. The van der Waals surface area contributed by atoms with E-state index in [1.54, 1.807) is 43.3 Å². The molecular formula is C22H21FN2O2S. The molecule has 3 aromatic rings. The minimum atomic E-state index is -0.356. The van der Waals surface area contributed by atoms with E-state index in [0.717, 1.165) is 10.4 Å². The lowest BCUT2D eigenvalue weighted by Crippen LogP contribution is -2.38. The van der Waals surface area contributed by atoms with Crippen molar-refractivity contribution in [1.82, 2.24) is 10.6 Å². The Hall–Kier alpha value is -2.99. The minimum absolute atomic E-state index is 0.141. The van der Waals surface area contributed by atoms with Gasteiger partial charge in [0.15, 0.2) is 0 Å². The number of amides is 2. The van der Waals surface area contributed by atoms with Crippen LogP contribution in [-0.2, 0) is 4.79 Å². The third-order valence-electron chi connectivity index (χ3n) is 4.24.